The van der Waals surface area contributed by atoms with Crippen molar-refractivity contribution < 1.29 is 19.0 Å². The second-order valence-electron chi connectivity index (χ2n) is 5.47. The molecular weight excluding hydrogens is 294 g/mol. The largest absolute Gasteiger partial charge is 0.455 e. The second-order valence-corrected chi connectivity index (χ2v) is 5.47. The minimum absolute atomic E-state index is 0.218. The molecule has 0 radical (unpaired) electrons. The number of fused-ring (bicyclic) bond motifs is 3. The summed E-state index contributed by atoms with van der Waals surface area (Å²) in [4.78, 5) is 16.8. The summed E-state index contributed by atoms with van der Waals surface area (Å²) in [5, 5.41) is 0.920. The molecule has 0 unspecified atom stereocenters. The summed E-state index contributed by atoms with van der Waals surface area (Å²) in [6.07, 6.45) is 0. The average Bonchev–Trinajstić information content (AvgIpc) is 3.19. The summed E-state index contributed by atoms with van der Waals surface area (Å²) in [7, 11) is 0. The fourth-order valence-corrected chi connectivity index (χ4v) is 3.15. The van der Waals surface area contributed by atoms with Gasteiger partial charge in [0.25, 0.3) is 0 Å². The number of carbonyl (C=O) groups is 1. The first-order valence-electron chi connectivity index (χ1n) is 7.30. The maximum absolute atomic E-state index is 12.2. The highest BCUT2D eigenvalue weighted by Gasteiger charge is 2.29. The number of rotatable bonds is 1. The lowest BCUT2D eigenvalue weighted by Crippen LogP contribution is -2.00. The number of pyridine rings is 1. The van der Waals surface area contributed by atoms with Gasteiger partial charge in [0.15, 0.2) is 11.5 Å². The SMILES string of the molecule is O=C1OCc2nc3ccccc3c(-c3ccc4c(c3)OCO4)c21. The van der Waals surface area contributed by atoms with Crippen molar-refractivity contribution >= 4 is 16.9 Å². The number of cyclic esters (lactones) is 1. The zero-order chi connectivity index (χ0) is 15.4. The Labute approximate surface area is 131 Å². The topological polar surface area (TPSA) is 57.7 Å². The quantitative estimate of drug-likeness (QED) is 0.646. The Morgan fingerprint density at radius 1 is 0.913 bits per heavy atom. The highest BCUT2D eigenvalue weighted by atomic mass is 16.7. The van der Waals surface area contributed by atoms with Gasteiger partial charge in [-0.05, 0) is 23.8 Å². The summed E-state index contributed by atoms with van der Waals surface area (Å²) in [5.41, 5.74) is 3.80. The van der Waals surface area contributed by atoms with Crippen LogP contribution in [0.1, 0.15) is 16.1 Å². The molecule has 0 bridgehead atoms. The molecule has 0 amide bonds. The van der Waals surface area contributed by atoms with Crippen LogP contribution in [-0.2, 0) is 11.3 Å². The van der Waals surface area contributed by atoms with Crippen molar-refractivity contribution in [1.29, 1.82) is 0 Å². The van der Waals surface area contributed by atoms with Gasteiger partial charge in [-0.1, -0.05) is 24.3 Å². The molecule has 5 heteroatoms. The van der Waals surface area contributed by atoms with Gasteiger partial charge < -0.3 is 14.2 Å². The monoisotopic (exact) mass is 305 g/mol. The summed E-state index contributed by atoms with van der Waals surface area (Å²) < 4.78 is 16.0. The molecule has 3 heterocycles. The number of ether oxygens (including phenoxy) is 3. The van der Waals surface area contributed by atoms with E-state index < -0.39 is 0 Å². The maximum atomic E-state index is 12.2. The van der Waals surface area contributed by atoms with E-state index in [1.54, 1.807) is 0 Å². The number of benzene rings is 2. The van der Waals surface area contributed by atoms with E-state index in [4.69, 9.17) is 14.2 Å². The number of carbonyl (C=O) groups excluding carboxylic acids is 1. The van der Waals surface area contributed by atoms with E-state index in [0.717, 1.165) is 22.0 Å². The van der Waals surface area contributed by atoms with E-state index in [0.29, 0.717) is 22.8 Å². The molecule has 0 atom stereocenters. The van der Waals surface area contributed by atoms with Gasteiger partial charge in [0, 0.05) is 10.9 Å². The lowest BCUT2D eigenvalue weighted by molar-refractivity contribution is 0.0534. The van der Waals surface area contributed by atoms with Gasteiger partial charge in [-0.2, -0.15) is 0 Å². The van der Waals surface area contributed by atoms with Crippen LogP contribution in [0.4, 0.5) is 0 Å². The van der Waals surface area contributed by atoms with Crippen molar-refractivity contribution in [3.63, 3.8) is 0 Å². The van der Waals surface area contributed by atoms with Crippen molar-refractivity contribution in [2.45, 2.75) is 6.61 Å². The average molecular weight is 305 g/mol. The fourth-order valence-electron chi connectivity index (χ4n) is 3.15. The van der Waals surface area contributed by atoms with Gasteiger partial charge in [0.2, 0.25) is 6.79 Å². The molecule has 0 aliphatic carbocycles. The Kier molecular flexibility index (Phi) is 2.42. The van der Waals surface area contributed by atoms with Crippen molar-refractivity contribution in [1.82, 2.24) is 4.98 Å². The van der Waals surface area contributed by atoms with Gasteiger partial charge in [0.05, 0.1) is 16.8 Å². The Hall–Kier alpha value is -3.08. The molecule has 1 aromatic heterocycles. The molecule has 112 valence electrons. The predicted octanol–water partition coefficient (Wildman–Crippen LogP) is 3.30. The molecule has 5 rings (SSSR count). The first kappa shape index (κ1) is 12.5. The third-order valence-electron chi connectivity index (χ3n) is 4.17. The molecule has 0 fully saturated rings. The molecule has 0 N–H and O–H groups in total. The number of hydrogen-bond acceptors (Lipinski definition) is 5. The van der Waals surface area contributed by atoms with Crippen LogP contribution in [0.3, 0.4) is 0 Å². The van der Waals surface area contributed by atoms with E-state index in [2.05, 4.69) is 4.98 Å². The van der Waals surface area contributed by atoms with Crippen LogP contribution in [0, 0.1) is 0 Å². The van der Waals surface area contributed by atoms with Crippen molar-refractivity contribution in [3.8, 4) is 22.6 Å². The normalized spacial score (nSPS) is 14.9. The summed E-state index contributed by atoms with van der Waals surface area (Å²) in [5.74, 6) is 1.07. The van der Waals surface area contributed by atoms with Gasteiger partial charge in [-0.25, -0.2) is 9.78 Å². The zero-order valence-electron chi connectivity index (χ0n) is 12.0. The minimum Gasteiger partial charge on any atom is -0.455 e. The molecule has 2 aliphatic rings. The van der Waals surface area contributed by atoms with Crippen LogP contribution in [0.25, 0.3) is 22.0 Å². The minimum atomic E-state index is -0.328. The van der Waals surface area contributed by atoms with Crippen LogP contribution in [0.2, 0.25) is 0 Å². The van der Waals surface area contributed by atoms with Gasteiger partial charge >= 0.3 is 5.97 Å². The van der Waals surface area contributed by atoms with E-state index in [1.165, 1.54) is 0 Å². The third-order valence-corrected chi connectivity index (χ3v) is 4.17. The molecule has 2 aromatic carbocycles. The summed E-state index contributed by atoms with van der Waals surface area (Å²) >= 11 is 0. The van der Waals surface area contributed by atoms with E-state index >= 15 is 0 Å². The zero-order valence-corrected chi connectivity index (χ0v) is 12.0. The molecular formula is C18H11NO4. The molecule has 0 saturated heterocycles. The number of para-hydroxylation sites is 1. The van der Waals surface area contributed by atoms with Crippen LogP contribution >= 0.6 is 0 Å². The Balaban J connectivity index is 1.87. The van der Waals surface area contributed by atoms with Crippen molar-refractivity contribution in [2.24, 2.45) is 0 Å². The first-order chi connectivity index (χ1) is 11.3. The van der Waals surface area contributed by atoms with Gasteiger partial charge in [-0.15, -0.1) is 0 Å². The number of hydrogen-bond donors (Lipinski definition) is 0. The van der Waals surface area contributed by atoms with Crippen LogP contribution in [-0.4, -0.2) is 17.7 Å². The number of aromatic nitrogens is 1. The van der Waals surface area contributed by atoms with Crippen molar-refractivity contribution in [2.75, 3.05) is 6.79 Å². The highest BCUT2D eigenvalue weighted by Crippen LogP contribution is 2.41. The smallest absolute Gasteiger partial charge is 0.341 e. The molecule has 0 spiro atoms. The molecule has 3 aromatic rings. The Morgan fingerprint density at radius 3 is 2.74 bits per heavy atom. The van der Waals surface area contributed by atoms with Crippen molar-refractivity contribution in [3.05, 3.63) is 53.7 Å². The third kappa shape index (κ3) is 1.73. The lowest BCUT2D eigenvalue weighted by Gasteiger charge is -2.11. The van der Waals surface area contributed by atoms with E-state index in [1.807, 2.05) is 42.5 Å². The highest BCUT2D eigenvalue weighted by molar-refractivity contribution is 6.09. The molecule has 5 nitrogen and oxygen atoms in total. The van der Waals surface area contributed by atoms with E-state index in [-0.39, 0.29) is 19.4 Å². The first-order valence-corrected chi connectivity index (χ1v) is 7.30. The Bertz CT molecular complexity index is 980. The second kappa shape index (κ2) is 4.46. The lowest BCUT2D eigenvalue weighted by atomic mass is 9.94. The van der Waals surface area contributed by atoms with Gasteiger partial charge in [-0.3, -0.25) is 0 Å². The summed E-state index contributed by atoms with van der Waals surface area (Å²) in [6.45, 7) is 0.437. The maximum Gasteiger partial charge on any atom is 0.341 e. The van der Waals surface area contributed by atoms with E-state index in [9.17, 15) is 4.79 Å². The van der Waals surface area contributed by atoms with Crippen LogP contribution < -0.4 is 9.47 Å². The summed E-state index contributed by atoms with van der Waals surface area (Å²) in [6, 6.07) is 13.5. The fraction of sp³-hybridized carbons (Fsp3) is 0.111. The predicted molar refractivity (Wildman–Crippen MR) is 82.4 cm³/mol. The number of nitrogens with zero attached hydrogens (tertiary/aromatic N) is 1. The number of esters is 1. The van der Waals surface area contributed by atoms with Crippen LogP contribution in [0.15, 0.2) is 42.5 Å². The van der Waals surface area contributed by atoms with Gasteiger partial charge in [0.1, 0.15) is 6.61 Å². The molecule has 0 saturated carbocycles. The molecule has 2 aliphatic heterocycles. The van der Waals surface area contributed by atoms with Crippen LogP contribution in [0.5, 0.6) is 11.5 Å². The molecule has 23 heavy (non-hydrogen) atoms. The standard InChI is InChI=1S/C18H11NO4/c20-18-17-13(8-21-18)19-12-4-2-1-3-11(12)16(17)10-5-6-14-15(7-10)23-9-22-14/h1-7H,8-9H2. The Morgan fingerprint density at radius 2 is 1.78 bits per heavy atom.